The maximum absolute atomic E-state index is 13.2. The molecule has 0 bridgehead atoms. The summed E-state index contributed by atoms with van der Waals surface area (Å²) in [6.45, 7) is 3.72. The minimum absolute atomic E-state index is 0.0274. The Balaban J connectivity index is 1.60. The number of benzene rings is 3. The van der Waals surface area contributed by atoms with Crippen molar-refractivity contribution >= 4 is 32.1 Å². The first-order valence-corrected chi connectivity index (χ1v) is 11.3. The van der Waals surface area contributed by atoms with Crippen LogP contribution in [0.2, 0.25) is 0 Å². The third-order valence-electron chi connectivity index (χ3n) is 5.31. The number of aryl methyl sites for hydroxylation is 2. The zero-order valence-electron chi connectivity index (χ0n) is 17.2. The van der Waals surface area contributed by atoms with Crippen LogP contribution in [-0.4, -0.2) is 28.2 Å². The van der Waals surface area contributed by atoms with E-state index in [2.05, 4.69) is 20.0 Å². The van der Waals surface area contributed by atoms with Gasteiger partial charge in [-0.15, -0.1) is 10.2 Å². The molecule has 0 fully saturated rings. The quantitative estimate of drug-likeness (QED) is 0.438. The van der Waals surface area contributed by atoms with Gasteiger partial charge in [-0.3, -0.25) is 4.72 Å². The minimum Gasteiger partial charge on any atom is -0.279 e. The monoisotopic (exact) mass is 447 g/mol. The molecule has 0 saturated carbocycles. The van der Waals surface area contributed by atoms with E-state index in [1.54, 1.807) is 23.6 Å². The maximum atomic E-state index is 13.2. The van der Waals surface area contributed by atoms with E-state index in [0.29, 0.717) is 22.7 Å². The zero-order valence-corrected chi connectivity index (χ0v) is 18.1. The largest absolute Gasteiger partial charge is 0.279 e. The number of hydrogen-bond donors (Lipinski definition) is 1. The van der Waals surface area contributed by atoms with Crippen molar-refractivity contribution < 1.29 is 12.8 Å². The van der Waals surface area contributed by atoms with Crippen LogP contribution in [0, 0.1) is 19.7 Å². The number of nitrogens with one attached hydrogen (secondary N) is 1. The van der Waals surface area contributed by atoms with Gasteiger partial charge in [-0.25, -0.2) is 12.8 Å². The molecule has 3 aromatic carbocycles. The van der Waals surface area contributed by atoms with Gasteiger partial charge in [0.2, 0.25) is 0 Å². The number of sulfonamides is 1. The average molecular weight is 447 g/mol. The first-order chi connectivity index (χ1) is 15.3. The van der Waals surface area contributed by atoms with Crippen molar-refractivity contribution in [2.45, 2.75) is 18.7 Å². The second-order valence-corrected chi connectivity index (χ2v) is 9.16. The molecule has 2 heterocycles. The van der Waals surface area contributed by atoms with Gasteiger partial charge < -0.3 is 0 Å². The third kappa shape index (κ3) is 3.36. The normalized spacial score (nSPS) is 11.8. The summed E-state index contributed by atoms with van der Waals surface area (Å²) >= 11 is 0. The van der Waals surface area contributed by atoms with E-state index in [0.717, 1.165) is 34.2 Å². The Morgan fingerprint density at radius 1 is 0.906 bits per heavy atom. The van der Waals surface area contributed by atoms with Crippen LogP contribution < -0.4 is 4.72 Å². The highest BCUT2D eigenvalue weighted by Crippen LogP contribution is 2.28. The molecule has 0 radical (unpaired) electrons. The predicted octanol–water partition coefficient (Wildman–Crippen LogP) is 4.50. The second-order valence-electron chi connectivity index (χ2n) is 7.48. The number of anilines is 1. The first kappa shape index (κ1) is 20.1. The summed E-state index contributed by atoms with van der Waals surface area (Å²) in [5.41, 5.74) is 3.22. The standard InChI is InChI=1S/C23H18FN5O2S/c1-14-7-8-16(13-21(14)28-32(30,31)18-11-9-17(24)10-12-18)22-25-26-23-20-6-4-3-5-19(20)15(2)27-29(22)23/h3-13,28H,1-2H3. The highest BCUT2D eigenvalue weighted by Gasteiger charge is 2.18. The van der Waals surface area contributed by atoms with Gasteiger partial charge in [0.25, 0.3) is 10.0 Å². The fourth-order valence-electron chi connectivity index (χ4n) is 3.61. The van der Waals surface area contributed by atoms with Crippen molar-refractivity contribution in [2.75, 3.05) is 4.72 Å². The molecule has 0 aliphatic rings. The van der Waals surface area contributed by atoms with E-state index in [-0.39, 0.29) is 4.90 Å². The topological polar surface area (TPSA) is 89.2 Å². The molecule has 32 heavy (non-hydrogen) atoms. The summed E-state index contributed by atoms with van der Waals surface area (Å²) in [5.74, 6) is -0.00721. The lowest BCUT2D eigenvalue weighted by atomic mass is 10.1. The highest BCUT2D eigenvalue weighted by molar-refractivity contribution is 7.92. The van der Waals surface area contributed by atoms with E-state index < -0.39 is 15.8 Å². The molecule has 0 aliphatic carbocycles. The summed E-state index contributed by atoms with van der Waals surface area (Å²) < 4.78 is 43.0. The van der Waals surface area contributed by atoms with E-state index in [9.17, 15) is 12.8 Å². The molecule has 7 nitrogen and oxygen atoms in total. The van der Waals surface area contributed by atoms with Crippen LogP contribution in [0.1, 0.15) is 11.3 Å². The smallest absolute Gasteiger partial charge is 0.261 e. The Bertz CT molecular complexity index is 1590. The van der Waals surface area contributed by atoms with Gasteiger partial charge in [-0.1, -0.05) is 36.4 Å². The van der Waals surface area contributed by atoms with Crippen LogP contribution in [0.5, 0.6) is 0 Å². The molecule has 0 spiro atoms. The summed E-state index contributed by atoms with van der Waals surface area (Å²) in [6, 6.07) is 17.8. The molecule has 9 heteroatoms. The minimum atomic E-state index is -3.89. The zero-order chi connectivity index (χ0) is 22.5. The van der Waals surface area contributed by atoms with Crippen molar-refractivity contribution in [1.82, 2.24) is 19.8 Å². The molecular weight excluding hydrogens is 429 g/mol. The molecule has 0 atom stereocenters. The van der Waals surface area contributed by atoms with Gasteiger partial charge in [0.15, 0.2) is 11.5 Å². The lowest BCUT2D eigenvalue weighted by molar-refractivity contribution is 0.599. The van der Waals surface area contributed by atoms with Crippen LogP contribution in [0.15, 0.2) is 71.6 Å². The van der Waals surface area contributed by atoms with Gasteiger partial charge >= 0.3 is 0 Å². The summed E-state index contributed by atoms with van der Waals surface area (Å²) in [4.78, 5) is -0.0274. The highest BCUT2D eigenvalue weighted by atomic mass is 32.2. The maximum Gasteiger partial charge on any atom is 0.261 e. The summed E-state index contributed by atoms with van der Waals surface area (Å²) in [5, 5.41) is 15.2. The van der Waals surface area contributed by atoms with Crippen LogP contribution in [0.4, 0.5) is 10.1 Å². The molecule has 0 unspecified atom stereocenters. The van der Waals surface area contributed by atoms with Gasteiger partial charge in [-0.2, -0.15) is 9.61 Å². The second kappa shape index (κ2) is 7.38. The molecule has 5 rings (SSSR count). The average Bonchev–Trinajstić information content (AvgIpc) is 3.19. The Kier molecular flexibility index (Phi) is 4.63. The third-order valence-corrected chi connectivity index (χ3v) is 6.69. The fourth-order valence-corrected chi connectivity index (χ4v) is 4.73. The van der Waals surface area contributed by atoms with Gasteiger partial charge in [0.05, 0.1) is 16.3 Å². The molecule has 2 aromatic heterocycles. The molecule has 0 saturated heterocycles. The summed E-state index contributed by atoms with van der Waals surface area (Å²) in [7, 11) is -3.89. The number of hydrogen-bond acceptors (Lipinski definition) is 5. The van der Waals surface area contributed by atoms with Gasteiger partial charge in [0.1, 0.15) is 5.82 Å². The van der Waals surface area contributed by atoms with Gasteiger partial charge in [-0.05, 0) is 49.7 Å². The summed E-state index contributed by atoms with van der Waals surface area (Å²) in [6.07, 6.45) is 0. The predicted molar refractivity (Wildman–Crippen MR) is 120 cm³/mol. The van der Waals surface area contributed by atoms with E-state index in [1.807, 2.05) is 37.3 Å². The van der Waals surface area contributed by atoms with Crippen molar-refractivity contribution in [3.63, 3.8) is 0 Å². The number of nitrogens with zero attached hydrogens (tertiary/aromatic N) is 4. The van der Waals surface area contributed by atoms with Crippen molar-refractivity contribution in [1.29, 1.82) is 0 Å². The number of halogens is 1. The Morgan fingerprint density at radius 3 is 2.38 bits per heavy atom. The Labute approximate surface area is 183 Å². The lowest BCUT2D eigenvalue weighted by Gasteiger charge is -2.12. The van der Waals surface area contributed by atoms with Crippen LogP contribution in [0.3, 0.4) is 0 Å². The molecule has 0 aliphatic heterocycles. The first-order valence-electron chi connectivity index (χ1n) is 9.84. The lowest BCUT2D eigenvalue weighted by Crippen LogP contribution is -2.14. The number of aromatic nitrogens is 4. The molecule has 160 valence electrons. The molecule has 1 N–H and O–H groups in total. The SMILES string of the molecule is Cc1ccc(-c2nnc3c4ccccc4c(C)nn23)cc1NS(=O)(=O)c1ccc(F)cc1. The van der Waals surface area contributed by atoms with E-state index in [4.69, 9.17) is 0 Å². The number of rotatable bonds is 4. The van der Waals surface area contributed by atoms with Gasteiger partial charge in [0, 0.05) is 16.3 Å². The molecule has 5 aromatic rings. The van der Waals surface area contributed by atoms with Crippen LogP contribution in [0.25, 0.3) is 27.8 Å². The van der Waals surface area contributed by atoms with Crippen molar-refractivity contribution in [2.24, 2.45) is 0 Å². The van der Waals surface area contributed by atoms with Crippen LogP contribution in [-0.2, 0) is 10.0 Å². The molecular formula is C23H18FN5O2S. The van der Waals surface area contributed by atoms with Crippen molar-refractivity contribution in [3.05, 3.63) is 83.8 Å². The number of fused-ring (bicyclic) bond motifs is 3. The van der Waals surface area contributed by atoms with E-state index >= 15 is 0 Å². The molecule has 0 amide bonds. The Hall–Kier alpha value is -3.85. The Morgan fingerprint density at radius 2 is 1.62 bits per heavy atom. The van der Waals surface area contributed by atoms with Crippen molar-refractivity contribution in [3.8, 4) is 11.4 Å². The van der Waals surface area contributed by atoms with Crippen LogP contribution >= 0.6 is 0 Å². The van der Waals surface area contributed by atoms with E-state index in [1.165, 1.54) is 12.1 Å². The fraction of sp³-hybridized carbons (Fsp3) is 0.0870.